The molecule has 25 heavy (non-hydrogen) atoms. The second kappa shape index (κ2) is 7.09. The third kappa shape index (κ3) is 3.11. The molecule has 0 aromatic heterocycles. The molecule has 2 aromatic carbocycles. The summed E-state index contributed by atoms with van der Waals surface area (Å²) in [6.07, 6.45) is 0. The van der Waals surface area contributed by atoms with Crippen LogP contribution < -0.4 is 16.0 Å². The first-order valence-electron chi connectivity index (χ1n) is 8.61. The number of hydrogen-bond donors (Lipinski definition) is 2. The van der Waals surface area contributed by atoms with Gasteiger partial charge in [-0.05, 0) is 46.9 Å². The van der Waals surface area contributed by atoms with E-state index in [2.05, 4.69) is 39.6 Å². The Hall–Kier alpha value is -1.37. The lowest BCUT2D eigenvalue weighted by Crippen LogP contribution is -2.42. The van der Waals surface area contributed by atoms with Crippen molar-refractivity contribution >= 4 is 33.1 Å². The Morgan fingerprint density at radius 2 is 1.88 bits per heavy atom. The third-order valence-corrected chi connectivity index (χ3v) is 7.13. The first-order chi connectivity index (χ1) is 12.2. The Morgan fingerprint density at radius 1 is 1.16 bits per heavy atom. The number of hydrogen-bond acceptors (Lipinski definition) is 4. The highest BCUT2D eigenvalue weighted by atomic mass is 35.5. The van der Waals surface area contributed by atoms with Crippen molar-refractivity contribution in [3.05, 3.63) is 47.5 Å². The Balaban J connectivity index is 1.75. The normalized spacial score (nSPS) is 20.8. The van der Waals surface area contributed by atoms with Gasteiger partial charge >= 0.3 is 0 Å². The van der Waals surface area contributed by atoms with Gasteiger partial charge in [0.2, 0.25) is 0 Å². The predicted octanol–water partition coefficient (Wildman–Crippen LogP) is 3.14. The lowest BCUT2D eigenvalue weighted by molar-refractivity contribution is 0.395. The summed E-state index contributed by atoms with van der Waals surface area (Å²) in [7, 11) is -0.170. The van der Waals surface area contributed by atoms with Gasteiger partial charge in [-0.1, -0.05) is 29.8 Å². The number of piperazine rings is 1. The fraction of sp³-hybridized carbons (Fsp3) is 0.316. The third-order valence-electron chi connectivity index (χ3n) is 4.64. The molecule has 2 heterocycles. The molecular weight excluding hydrogens is 352 g/mol. The summed E-state index contributed by atoms with van der Waals surface area (Å²) >= 11 is 6.01. The van der Waals surface area contributed by atoms with E-state index in [0.717, 1.165) is 59.7 Å². The van der Waals surface area contributed by atoms with Crippen molar-refractivity contribution < 1.29 is 0 Å². The molecule has 0 aliphatic carbocycles. The first kappa shape index (κ1) is 17.1. The summed E-state index contributed by atoms with van der Waals surface area (Å²) in [4.78, 5) is 3.50. The van der Waals surface area contributed by atoms with Crippen molar-refractivity contribution in [1.29, 1.82) is 0 Å². The minimum Gasteiger partial charge on any atom is -0.325 e. The summed E-state index contributed by atoms with van der Waals surface area (Å²) < 4.78 is 2.50. The van der Waals surface area contributed by atoms with Crippen LogP contribution in [0, 0.1) is 6.07 Å². The van der Waals surface area contributed by atoms with Crippen LogP contribution in [-0.2, 0) is 0 Å². The molecule has 1 saturated heterocycles. The number of rotatable bonds is 3. The summed E-state index contributed by atoms with van der Waals surface area (Å²) in [5.41, 5.74) is 9.90. The molecule has 2 aliphatic heterocycles. The fourth-order valence-electron chi connectivity index (χ4n) is 3.36. The van der Waals surface area contributed by atoms with Crippen LogP contribution in [0.5, 0.6) is 0 Å². The fourth-order valence-corrected chi connectivity index (χ4v) is 5.77. The van der Waals surface area contributed by atoms with Gasteiger partial charge in [-0.15, -0.1) is 0 Å². The molecule has 3 N–H and O–H groups in total. The smallest absolute Gasteiger partial charge is 0.127 e. The maximum absolute atomic E-state index is 6.58. The van der Waals surface area contributed by atoms with Gasteiger partial charge in [0.15, 0.2) is 0 Å². The number of anilines is 1. The van der Waals surface area contributed by atoms with Gasteiger partial charge in [0.05, 0.1) is 5.69 Å². The number of nitrogens with two attached hydrogens (primary N) is 1. The summed E-state index contributed by atoms with van der Waals surface area (Å²) in [6, 6.07) is 15.9. The molecule has 0 spiro atoms. The van der Waals surface area contributed by atoms with Crippen LogP contribution in [0.3, 0.4) is 0 Å². The number of nitrogens with one attached hydrogen (secondary N) is 1. The summed E-state index contributed by atoms with van der Waals surface area (Å²) in [5.74, 6) is 0. The largest absolute Gasteiger partial charge is 0.325 e. The van der Waals surface area contributed by atoms with Gasteiger partial charge < -0.3 is 10.2 Å². The monoisotopic (exact) mass is 373 g/mol. The van der Waals surface area contributed by atoms with Crippen molar-refractivity contribution in [2.24, 2.45) is 5.73 Å². The van der Waals surface area contributed by atoms with Crippen LogP contribution in [0.1, 0.15) is 6.92 Å². The molecule has 2 aromatic rings. The summed E-state index contributed by atoms with van der Waals surface area (Å²) in [6.45, 7) is 7.09. The van der Waals surface area contributed by atoms with Gasteiger partial charge in [-0.25, -0.2) is 4.31 Å². The van der Waals surface area contributed by atoms with Gasteiger partial charge in [0, 0.05) is 48.7 Å². The van der Waals surface area contributed by atoms with Crippen LogP contribution in [0.15, 0.2) is 41.3 Å². The van der Waals surface area contributed by atoms with Crippen molar-refractivity contribution in [2.45, 2.75) is 11.8 Å². The molecule has 6 heteroatoms. The standard InChI is InChI=1S/C19H22ClN4S/c1-2-24-17-13-15(14-3-6-16(20)7-4-14)5-8-18(17)25(19(24)21)23-11-9-22-10-12-23/h3-8,22H,2,9-12,21H2,1H3. The van der Waals surface area contributed by atoms with E-state index in [0.29, 0.717) is 0 Å². The van der Waals surface area contributed by atoms with Crippen molar-refractivity contribution in [3.63, 3.8) is 0 Å². The van der Waals surface area contributed by atoms with E-state index in [1.54, 1.807) is 0 Å². The molecular formula is C19H22ClN4S. The highest BCUT2D eigenvalue weighted by Crippen LogP contribution is 2.46. The molecule has 2 aliphatic rings. The van der Waals surface area contributed by atoms with Crippen molar-refractivity contribution in [3.8, 4) is 11.1 Å². The first-order valence-corrected chi connectivity index (χ1v) is 10.2. The predicted molar refractivity (Wildman–Crippen MR) is 108 cm³/mol. The van der Waals surface area contributed by atoms with E-state index in [4.69, 9.17) is 17.3 Å². The lowest BCUT2D eigenvalue weighted by Gasteiger charge is -2.29. The topological polar surface area (TPSA) is 44.5 Å². The minimum atomic E-state index is -0.170. The average Bonchev–Trinajstić information content (AvgIpc) is 2.93. The number of halogens is 1. The second-order valence-corrected chi connectivity index (χ2v) is 8.52. The molecule has 4 nitrogen and oxygen atoms in total. The number of benzene rings is 2. The van der Waals surface area contributed by atoms with Crippen LogP contribution in [-0.4, -0.2) is 42.1 Å². The van der Waals surface area contributed by atoms with Crippen LogP contribution in [0.2, 0.25) is 5.02 Å². The van der Waals surface area contributed by atoms with E-state index in [1.807, 2.05) is 24.3 Å². The average molecular weight is 374 g/mol. The number of nitrogens with zero attached hydrogens (tertiary/aromatic N) is 2. The Labute approximate surface area is 156 Å². The highest BCUT2D eigenvalue weighted by Gasteiger charge is 2.30. The zero-order chi connectivity index (χ0) is 17.4. The molecule has 1 atom stereocenters. The van der Waals surface area contributed by atoms with Crippen LogP contribution in [0.25, 0.3) is 11.1 Å². The molecule has 0 bridgehead atoms. The van der Waals surface area contributed by atoms with E-state index in [-0.39, 0.29) is 10.7 Å². The van der Waals surface area contributed by atoms with E-state index < -0.39 is 0 Å². The summed E-state index contributed by atoms with van der Waals surface area (Å²) in [5, 5.41) is 5.11. The maximum Gasteiger partial charge on any atom is 0.127 e. The second-order valence-electron chi connectivity index (χ2n) is 6.14. The molecule has 1 radical (unpaired) electrons. The Morgan fingerprint density at radius 3 is 2.56 bits per heavy atom. The SMILES string of the molecule is CCN1C(N)=S(N2CCNCC2)c2ccc(-c3ccc(Cl)cc3)[c]c21. The van der Waals surface area contributed by atoms with E-state index >= 15 is 0 Å². The molecule has 4 rings (SSSR count). The minimum absolute atomic E-state index is 0.170. The Kier molecular flexibility index (Phi) is 4.84. The molecule has 1 unspecified atom stereocenters. The lowest BCUT2D eigenvalue weighted by atomic mass is 10.0. The van der Waals surface area contributed by atoms with Crippen LogP contribution in [0.4, 0.5) is 5.69 Å². The number of fused-ring (bicyclic) bond motifs is 1. The van der Waals surface area contributed by atoms with Gasteiger partial charge in [-0.2, -0.15) is 0 Å². The Bertz CT molecular complexity index is 813. The van der Waals surface area contributed by atoms with Crippen molar-refractivity contribution in [1.82, 2.24) is 9.62 Å². The van der Waals surface area contributed by atoms with Crippen molar-refractivity contribution in [2.75, 3.05) is 37.6 Å². The quantitative estimate of drug-likeness (QED) is 0.811. The molecule has 0 saturated carbocycles. The van der Waals surface area contributed by atoms with E-state index in [1.165, 1.54) is 4.90 Å². The highest BCUT2D eigenvalue weighted by molar-refractivity contribution is 8.14. The van der Waals surface area contributed by atoms with E-state index in [9.17, 15) is 0 Å². The molecule has 0 amide bonds. The molecule has 131 valence electrons. The zero-order valence-electron chi connectivity index (χ0n) is 14.3. The van der Waals surface area contributed by atoms with Gasteiger partial charge in [0.25, 0.3) is 0 Å². The zero-order valence-corrected chi connectivity index (χ0v) is 15.8. The van der Waals surface area contributed by atoms with Gasteiger partial charge in [-0.3, -0.25) is 5.73 Å². The maximum atomic E-state index is 6.58. The van der Waals surface area contributed by atoms with Crippen LogP contribution >= 0.6 is 22.3 Å². The van der Waals surface area contributed by atoms with Gasteiger partial charge in [0.1, 0.15) is 5.11 Å². The molecule has 1 fully saturated rings.